The first-order chi connectivity index (χ1) is 15.9. The summed E-state index contributed by atoms with van der Waals surface area (Å²) in [6.07, 6.45) is 0. The molecule has 0 aliphatic carbocycles. The van der Waals surface area contributed by atoms with Gasteiger partial charge < -0.3 is 4.57 Å². The fourth-order valence-corrected chi connectivity index (χ4v) is 6.00. The van der Waals surface area contributed by atoms with Crippen molar-refractivity contribution in [1.82, 2.24) is 4.57 Å². The number of thiophene rings is 1. The van der Waals surface area contributed by atoms with E-state index in [4.69, 9.17) is 0 Å². The van der Waals surface area contributed by atoms with Crippen LogP contribution in [-0.4, -0.2) is 4.57 Å². The molecule has 0 spiro atoms. The molecule has 2 heterocycles. The summed E-state index contributed by atoms with van der Waals surface area (Å²) in [5.41, 5.74) is 6.19. The van der Waals surface area contributed by atoms with E-state index in [1.54, 1.807) is 0 Å². The van der Waals surface area contributed by atoms with E-state index in [-0.39, 0.29) is 7.43 Å². The highest BCUT2D eigenvalue weighted by atomic mass is 32.1. The van der Waals surface area contributed by atoms with E-state index >= 15 is 0 Å². The molecule has 0 radical (unpaired) electrons. The van der Waals surface area contributed by atoms with Crippen molar-refractivity contribution >= 4 is 53.3 Å². The quantitative estimate of drug-likeness (QED) is 0.252. The van der Waals surface area contributed by atoms with Crippen molar-refractivity contribution in [3.8, 4) is 16.8 Å². The number of aromatic nitrogens is 1. The Morgan fingerprint density at radius 1 is 0.455 bits per heavy atom. The van der Waals surface area contributed by atoms with Crippen LogP contribution < -0.4 is 0 Å². The summed E-state index contributed by atoms with van der Waals surface area (Å²) in [6, 6.07) is 41.8. The number of hydrogen-bond acceptors (Lipinski definition) is 1. The molecule has 0 bridgehead atoms. The molecule has 7 aromatic rings. The van der Waals surface area contributed by atoms with E-state index in [1.165, 1.54) is 58.8 Å². The van der Waals surface area contributed by atoms with Crippen LogP contribution in [0.1, 0.15) is 7.43 Å². The predicted molar refractivity (Wildman–Crippen MR) is 146 cm³/mol. The second-order valence-corrected chi connectivity index (χ2v) is 9.31. The van der Waals surface area contributed by atoms with E-state index < -0.39 is 0 Å². The Bertz CT molecular complexity index is 1770. The third kappa shape index (κ3) is 2.99. The number of nitrogens with zero attached hydrogens (tertiary/aromatic N) is 1. The SMILES string of the molecule is C.c1ccc(-n2c3ccccc3c3cc(-c4ccc5sc6ccccc6c5c4)ccc32)cc1. The van der Waals surface area contributed by atoms with Gasteiger partial charge in [0.15, 0.2) is 0 Å². The van der Waals surface area contributed by atoms with E-state index in [0.717, 1.165) is 0 Å². The van der Waals surface area contributed by atoms with Crippen LogP contribution >= 0.6 is 11.3 Å². The third-order valence-corrected chi connectivity index (χ3v) is 7.55. The maximum atomic E-state index is 2.37. The molecular formula is C31H23NS. The number of fused-ring (bicyclic) bond motifs is 6. The third-order valence-electron chi connectivity index (χ3n) is 6.40. The maximum absolute atomic E-state index is 2.37. The first-order valence-corrected chi connectivity index (χ1v) is 11.7. The van der Waals surface area contributed by atoms with E-state index in [2.05, 4.69) is 120 Å². The topological polar surface area (TPSA) is 4.93 Å². The number of hydrogen-bond donors (Lipinski definition) is 0. The van der Waals surface area contributed by atoms with Gasteiger partial charge in [-0.25, -0.2) is 0 Å². The van der Waals surface area contributed by atoms with Gasteiger partial charge in [0, 0.05) is 36.6 Å². The first kappa shape index (κ1) is 19.8. The molecule has 0 saturated heterocycles. The summed E-state index contributed by atoms with van der Waals surface area (Å²) < 4.78 is 5.06. The highest BCUT2D eigenvalue weighted by molar-refractivity contribution is 7.25. The lowest BCUT2D eigenvalue weighted by molar-refractivity contribution is 1.18. The molecule has 2 heteroatoms. The van der Waals surface area contributed by atoms with Crippen molar-refractivity contribution in [2.24, 2.45) is 0 Å². The van der Waals surface area contributed by atoms with Crippen molar-refractivity contribution in [3.05, 3.63) is 115 Å². The van der Waals surface area contributed by atoms with Gasteiger partial charge in [0.05, 0.1) is 11.0 Å². The zero-order valence-corrected chi connectivity index (χ0v) is 18.1. The van der Waals surface area contributed by atoms with Crippen molar-refractivity contribution < 1.29 is 0 Å². The molecule has 2 aromatic heterocycles. The van der Waals surface area contributed by atoms with E-state index in [1.807, 2.05) is 11.3 Å². The summed E-state index contributed by atoms with van der Waals surface area (Å²) in [5.74, 6) is 0. The largest absolute Gasteiger partial charge is 0.309 e. The summed E-state index contributed by atoms with van der Waals surface area (Å²) in [7, 11) is 0. The Kier molecular flexibility index (Phi) is 4.56. The number of para-hydroxylation sites is 2. The highest BCUT2D eigenvalue weighted by Gasteiger charge is 2.13. The zero-order chi connectivity index (χ0) is 21.1. The van der Waals surface area contributed by atoms with Crippen LogP contribution in [0.4, 0.5) is 0 Å². The van der Waals surface area contributed by atoms with Crippen molar-refractivity contribution in [3.63, 3.8) is 0 Å². The van der Waals surface area contributed by atoms with E-state index in [0.29, 0.717) is 0 Å². The van der Waals surface area contributed by atoms with Gasteiger partial charge in [0.1, 0.15) is 0 Å². The Labute approximate surface area is 197 Å². The molecule has 0 amide bonds. The van der Waals surface area contributed by atoms with Crippen LogP contribution in [0.5, 0.6) is 0 Å². The molecule has 0 saturated carbocycles. The van der Waals surface area contributed by atoms with Crippen LogP contribution in [0.2, 0.25) is 0 Å². The average molecular weight is 442 g/mol. The van der Waals surface area contributed by atoms with Crippen molar-refractivity contribution in [2.45, 2.75) is 7.43 Å². The van der Waals surface area contributed by atoms with Gasteiger partial charge in [-0.05, 0) is 59.7 Å². The van der Waals surface area contributed by atoms with Gasteiger partial charge in [0.2, 0.25) is 0 Å². The molecule has 0 unspecified atom stereocenters. The second kappa shape index (κ2) is 7.61. The van der Waals surface area contributed by atoms with Gasteiger partial charge in [-0.15, -0.1) is 11.3 Å². The minimum atomic E-state index is 0. The van der Waals surface area contributed by atoms with Gasteiger partial charge in [-0.2, -0.15) is 0 Å². The average Bonchev–Trinajstić information content (AvgIpc) is 3.39. The Morgan fingerprint density at radius 3 is 1.91 bits per heavy atom. The Balaban J connectivity index is 0.00000206. The first-order valence-electron chi connectivity index (χ1n) is 10.9. The molecule has 158 valence electrons. The van der Waals surface area contributed by atoms with Gasteiger partial charge in [0.25, 0.3) is 0 Å². The predicted octanol–water partition coefficient (Wildman–Crippen LogP) is 9.45. The van der Waals surface area contributed by atoms with Crippen LogP contribution in [0.3, 0.4) is 0 Å². The zero-order valence-electron chi connectivity index (χ0n) is 17.3. The summed E-state index contributed by atoms with van der Waals surface area (Å²) in [4.78, 5) is 0. The lowest BCUT2D eigenvalue weighted by Gasteiger charge is -2.08. The van der Waals surface area contributed by atoms with Crippen LogP contribution in [0.25, 0.3) is 58.8 Å². The molecule has 0 N–H and O–H groups in total. The summed E-state index contributed by atoms with van der Waals surface area (Å²) in [6.45, 7) is 0. The van der Waals surface area contributed by atoms with Crippen molar-refractivity contribution in [1.29, 1.82) is 0 Å². The van der Waals surface area contributed by atoms with Crippen molar-refractivity contribution in [2.75, 3.05) is 0 Å². The van der Waals surface area contributed by atoms with Gasteiger partial charge in [-0.3, -0.25) is 0 Å². The smallest absolute Gasteiger partial charge is 0.0541 e. The minimum absolute atomic E-state index is 0. The number of rotatable bonds is 2. The van der Waals surface area contributed by atoms with Gasteiger partial charge in [-0.1, -0.05) is 74.2 Å². The molecule has 33 heavy (non-hydrogen) atoms. The number of benzene rings is 5. The van der Waals surface area contributed by atoms with Crippen LogP contribution in [-0.2, 0) is 0 Å². The molecule has 0 aliphatic heterocycles. The fourth-order valence-electron chi connectivity index (χ4n) is 4.91. The molecule has 0 atom stereocenters. The summed E-state index contributed by atoms with van der Waals surface area (Å²) in [5, 5.41) is 5.26. The normalized spacial score (nSPS) is 11.4. The Morgan fingerprint density at radius 2 is 1.06 bits per heavy atom. The maximum Gasteiger partial charge on any atom is 0.0541 e. The fraction of sp³-hybridized carbons (Fsp3) is 0.0323. The van der Waals surface area contributed by atoms with Gasteiger partial charge >= 0.3 is 0 Å². The second-order valence-electron chi connectivity index (χ2n) is 8.23. The Hall–Kier alpha value is -3.88. The molecule has 7 rings (SSSR count). The highest BCUT2D eigenvalue weighted by Crippen LogP contribution is 2.38. The lowest BCUT2D eigenvalue weighted by Crippen LogP contribution is -1.92. The standard InChI is InChI=1S/C30H19NS.CH4/c1-2-8-22(9-3-1)31-27-12-6-4-10-23(27)25-18-20(14-16-28(25)31)21-15-17-30-26(19-21)24-11-5-7-13-29(24)32-30;/h1-19H;1H4. The summed E-state index contributed by atoms with van der Waals surface area (Å²) >= 11 is 1.87. The molecular weight excluding hydrogens is 418 g/mol. The van der Waals surface area contributed by atoms with Crippen LogP contribution in [0, 0.1) is 0 Å². The minimum Gasteiger partial charge on any atom is -0.309 e. The van der Waals surface area contributed by atoms with Crippen LogP contribution in [0.15, 0.2) is 115 Å². The molecule has 0 fully saturated rings. The molecule has 5 aromatic carbocycles. The molecule has 1 nitrogen and oxygen atoms in total. The monoisotopic (exact) mass is 441 g/mol. The lowest BCUT2D eigenvalue weighted by atomic mass is 10.0. The molecule has 0 aliphatic rings. The van der Waals surface area contributed by atoms with E-state index in [9.17, 15) is 0 Å².